The van der Waals surface area contributed by atoms with E-state index in [0.29, 0.717) is 24.3 Å². The molecular weight excluding hydrogens is 266 g/mol. The number of para-hydroxylation sites is 1. The Morgan fingerprint density at radius 1 is 1.38 bits per heavy atom. The molecule has 2 atom stereocenters. The zero-order valence-corrected chi connectivity index (χ0v) is 13.1. The van der Waals surface area contributed by atoms with E-state index in [1.165, 1.54) is 6.42 Å². The van der Waals surface area contributed by atoms with Gasteiger partial charge in [-0.15, -0.1) is 0 Å². The van der Waals surface area contributed by atoms with Gasteiger partial charge < -0.3 is 14.7 Å². The number of benzene rings is 1. The van der Waals surface area contributed by atoms with Crippen LogP contribution in [0.4, 0.5) is 5.69 Å². The average molecular weight is 291 g/mol. The van der Waals surface area contributed by atoms with Crippen molar-refractivity contribution in [3.8, 4) is 5.75 Å². The largest absolute Gasteiger partial charge is 0.489 e. The number of nitrogens with zero attached hydrogens (tertiary/aromatic N) is 1. The van der Waals surface area contributed by atoms with E-state index in [1.54, 1.807) is 12.1 Å². The van der Waals surface area contributed by atoms with Gasteiger partial charge in [0.25, 0.3) is 0 Å². The van der Waals surface area contributed by atoms with Crippen LogP contribution in [-0.4, -0.2) is 30.3 Å². The molecule has 0 saturated carbocycles. The third-order valence-corrected chi connectivity index (χ3v) is 4.40. The highest BCUT2D eigenvalue weighted by Crippen LogP contribution is 2.37. The molecule has 0 bridgehead atoms. The van der Waals surface area contributed by atoms with Crippen LogP contribution in [0.2, 0.25) is 0 Å². The van der Waals surface area contributed by atoms with Gasteiger partial charge in [-0.1, -0.05) is 33.3 Å². The predicted octanol–water partition coefficient (Wildman–Crippen LogP) is 3.80. The van der Waals surface area contributed by atoms with E-state index in [1.807, 2.05) is 6.07 Å². The summed E-state index contributed by atoms with van der Waals surface area (Å²) >= 11 is 0. The molecule has 1 N–H and O–H groups in total. The van der Waals surface area contributed by atoms with E-state index >= 15 is 0 Å². The molecule has 116 valence electrons. The highest BCUT2D eigenvalue weighted by Gasteiger charge is 2.28. The Morgan fingerprint density at radius 2 is 2.14 bits per heavy atom. The molecule has 0 aromatic heterocycles. The molecule has 21 heavy (non-hydrogen) atoms. The quantitative estimate of drug-likeness (QED) is 0.866. The van der Waals surface area contributed by atoms with Crippen LogP contribution < -0.4 is 9.64 Å². The Labute approximate surface area is 126 Å². The molecule has 4 nitrogen and oxygen atoms in total. The number of rotatable bonds is 6. The number of anilines is 1. The van der Waals surface area contributed by atoms with Crippen LogP contribution in [0.25, 0.3) is 0 Å². The number of carboxylic acid groups (broad SMARTS) is 1. The molecule has 4 heteroatoms. The van der Waals surface area contributed by atoms with E-state index in [9.17, 15) is 9.90 Å². The third-order valence-electron chi connectivity index (χ3n) is 4.40. The van der Waals surface area contributed by atoms with Crippen LogP contribution in [0.1, 0.15) is 50.4 Å². The SMILES string of the molecule is CCC(C)CC(CC)N1CCOc2c(C(=O)O)cccc21. The van der Waals surface area contributed by atoms with E-state index in [2.05, 4.69) is 25.7 Å². The Bertz CT molecular complexity index is 501. The minimum Gasteiger partial charge on any atom is -0.489 e. The molecular formula is C17H25NO3. The topological polar surface area (TPSA) is 49.8 Å². The second kappa shape index (κ2) is 6.83. The number of aromatic carboxylic acids is 1. The first-order chi connectivity index (χ1) is 10.1. The van der Waals surface area contributed by atoms with Crippen LogP contribution in [0.3, 0.4) is 0 Å². The zero-order chi connectivity index (χ0) is 15.4. The lowest BCUT2D eigenvalue weighted by Gasteiger charge is -2.38. The van der Waals surface area contributed by atoms with Gasteiger partial charge in [-0.3, -0.25) is 0 Å². The van der Waals surface area contributed by atoms with E-state index in [4.69, 9.17) is 4.74 Å². The average Bonchev–Trinajstić information content (AvgIpc) is 2.51. The van der Waals surface area contributed by atoms with Crippen molar-refractivity contribution in [1.82, 2.24) is 0 Å². The second-order valence-electron chi connectivity index (χ2n) is 5.81. The molecule has 0 amide bonds. The summed E-state index contributed by atoms with van der Waals surface area (Å²) in [5, 5.41) is 9.31. The molecule has 1 aliphatic rings. The fourth-order valence-corrected chi connectivity index (χ4v) is 2.96. The van der Waals surface area contributed by atoms with Gasteiger partial charge in [-0.25, -0.2) is 4.79 Å². The smallest absolute Gasteiger partial charge is 0.339 e. The molecule has 0 spiro atoms. The first kappa shape index (κ1) is 15.7. The van der Waals surface area contributed by atoms with Crippen LogP contribution in [-0.2, 0) is 0 Å². The van der Waals surface area contributed by atoms with Crippen LogP contribution in [0.5, 0.6) is 5.75 Å². The fraction of sp³-hybridized carbons (Fsp3) is 0.588. The monoisotopic (exact) mass is 291 g/mol. The number of hydrogen-bond acceptors (Lipinski definition) is 3. The maximum absolute atomic E-state index is 11.3. The Kier molecular flexibility index (Phi) is 5.10. The molecule has 1 aromatic rings. The fourth-order valence-electron chi connectivity index (χ4n) is 2.96. The summed E-state index contributed by atoms with van der Waals surface area (Å²) in [6.45, 7) is 8.06. The maximum Gasteiger partial charge on any atom is 0.339 e. The first-order valence-corrected chi connectivity index (χ1v) is 7.84. The third kappa shape index (κ3) is 3.31. The van der Waals surface area contributed by atoms with Crippen molar-refractivity contribution >= 4 is 11.7 Å². The van der Waals surface area contributed by atoms with Gasteiger partial charge in [0.2, 0.25) is 0 Å². The van der Waals surface area contributed by atoms with Crippen molar-refractivity contribution < 1.29 is 14.6 Å². The van der Waals surface area contributed by atoms with Crippen LogP contribution in [0, 0.1) is 5.92 Å². The van der Waals surface area contributed by atoms with Crippen molar-refractivity contribution in [2.75, 3.05) is 18.1 Å². The van der Waals surface area contributed by atoms with Crippen molar-refractivity contribution in [3.63, 3.8) is 0 Å². The van der Waals surface area contributed by atoms with Crippen LogP contribution >= 0.6 is 0 Å². The molecule has 2 unspecified atom stereocenters. The molecule has 0 aliphatic carbocycles. The lowest BCUT2D eigenvalue weighted by molar-refractivity contribution is 0.0691. The van der Waals surface area contributed by atoms with E-state index < -0.39 is 5.97 Å². The molecule has 0 radical (unpaired) electrons. The first-order valence-electron chi connectivity index (χ1n) is 7.84. The van der Waals surface area contributed by atoms with Gasteiger partial charge in [0.05, 0.1) is 12.2 Å². The molecule has 2 rings (SSSR count). The minimum absolute atomic E-state index is 0.260. The lowest BCUT2D eigenvalue weighted by Crippen LogP contribution is -2.42. The Hall–Kier alpha value is -1.71. The molecule has 1 aliphatic heterocycles. The number of carbonyl (C=O) groups is 1. The summed E-state index contributed by atoms with van der Waals surface area (Å²) in [4.78, 5) is 13.7. The van der Waals surface area contributed by atoms with Crippen LogP contribution in [0.15, 0.2) is 18.2 Å². The Balaban J connectivity index is 2.32. The van der Waals surface area contributed by atoms with Gasteiger partial charge in [0.1, 0.15) is 12.2 Å². The number of fused-ring (bicyclic) bond motifs is 1. The second-order valence-corrected chi connectivity index (χ2v) is 5.81. The predicted molar refractivity (Wildman–Crippen MR) is 84.4 cm³/mol. The normalized spacial score (nSPS) is 16.8. The Morgan fingerprint density at radius 3 is 2.76 bits per heavy atom. The maximum atomic E-state index is 11.3. The van der Waals surface area contributed by atoms with Crippen molar-refractivity contribution in [2.24, 2.45) is 5.92 Å². The van der Waals surface area contributed by atoms with Crippen molar-refractivity contribution in [3.05, 3.63) is 23.8 Å². The zero-order valence-electron chi connectivity index (χ0n) is 13.1. The van der Waals surface area contributed by atoms with Gasteiger partial charge in [-0.2, -0.15) is 0 Å². The highest BCUT2D eigenvalue weighted by atomic mass is 16.5. The van der Waals surface area contributed by atoms with Crippen molar-refractivity contribution in [2.45, 2.75) is 46.1 Å². The summed E-state index contributed by atoms with van der Waals surface area (Å²) in [5.41, 5.74) is 1.19. The summed E-state index contributed by atoms with van der Waals surface area (Å²) in [6.07, 6.45) is 3.35. The lowest BCUT2D eigenvalue weighted by atomic mass is 9.95. The summed E-state index contributed by atoms with van der Waals surface area (Å²) < 4.78 is 5.65. The number of ether oxygens (including phenoxy) is 1. The number of carboxylic acids is 1. The summed E-state index contributed by atoms with van der Waals surface area (Å²) in [5.74, 6) is 0.270. The molecule has 1 aromatic carbocycles. The van der Waals surface area contributed by atoms with Gasteiger partial charge in [0.15, 0.2) is 5.75 Å². The minimum atomic E-state index is -0.927. The summed E-state index contributed by atoms with van der Waals surface area (Å²) in [6, 6.07) is 5.83. The van der Waals surface area contributed by atoms with Gasteiger partial charge in [0, 0.05) is 6.04 Å². The van der Waals surface area contributed by atoms with E-state index in [0.717, 1.165) is 25.1 Å². The van der Waals surface area contributed by atoms with Crippen molar-refractivity contribution in [1.29, 1.82) is 0 Å². The molecule has 0 fully saturated rings. The number of hydrogen-bond donors (Lipinski definition) is 1. The standard InChI is InChI=1S/C17H25NO3/c1-4-12(3)11-13(5-2)18-9-10-21-16-14(17(19)20)7-6-8-15(16)18/h6-8,12-13H,4-5,9-11H2,1-3H3,(H,19,20). The van der Waals surface area contributed by atoms with E-state index in [-0.39, 0.29) is 5.56 Å². The molecule has 0 saturated heterocycles. The highest BCUT2D eigenvalue weighted by molar-refractivity contribution is 5.93. The molecule has 1 heterocycles. The van der Waals surface area contributed by atoms with Gasteiger partial charge >= 0.3 is 5.97 Å². The summed E-state index contributed by atoms with van der Waals surface area (Å²) in [7, 11) is 0. The van der Waals surface area contributed by atoms with Gasteiger partial charge in [-0.05, 0) is 30.9 Å².